The third-order valence-electron chi connectivity index (χ3n) is 8.13. The van der Waals surface area contributed by atoms with Crippen molar-refractivity contribution in [3.63, 3.8) is 0 Å². The summed E-state index contributed by atoms with van der Waals surface area (Å²) in [7, 11) is 0. The molecule has 3 aromatic rings. The smallest absolute Gasteiger partial charge is 0.326 e. The van der Waals surface area contributed by atoms with Crippen molar-refractivity contribution >= 4 is 46.3 Å². The molecule has 0 saturated heterocycles. The number of aromatic amines is 1. The third kappa shape index (κ3) is 8.74. The molecule has 15 nitrogen and oxygen atoms in total. The van der Waals surface area contributed by atoms with E-state index >= 15 is 0 Å². The summed E-state index contributed by atoms with van der Waals surface area (Å²) in [6.45, 7) is 0.409. The van der Waals surface area contributed by atoms with E-state index in [1.807, 2.05) is 17.0 Å². The van der Waals surface area contributed by atoms with Crippen LogP contribution in [0.15, 0.2) is 41.2 Å². The summed E-state index contributed by atoms with van der Waals surface area (Å²) in [4.78, 5) is 80.5. The van der Waals surface area contributed by atoms with Gasteiger partial charge in [0.1, 0.15) is 24.5 Å². The molecule has 1 aliphatic carbocycles. The van der Waals surface area contributed by atoms with Crippen molar-refractivity contribution in [1.29, 1.82) is 0 Å². The first-order valence-electron chi connectivity index (χ1n) is 15.1. The molecule has 2 amide bonds. The van der Waals surface area contributed by atoms with Crippen LogP contribution in [0.1, 0.15) is 65.3 Å². The number of aliphatic carboxylic acids is 3. The van der Waals surface area contributed by atoms with Crippen molar-refractivity contribution in [2.45, 2.75) is 63.1 Å². The summed E-state index contributed by atoms with van der Waals surface area (Å²) in [5.74, 6) is -2.67. The van der Waals surface area contributed by atoms with Crippen LogP contribution in [0.25, 0.3) is 10.9 Å². The van der Waals surface area contributed by atoms with Crippen LogP contribution in [0.2, 0.25) is 0 Å². The lowest BCUT2D eigenvalue weighted by Gasteiger charge is -2.26. The highest BCUT2D eigenvalue weighted by molar-refractivity contribution is 5.97. The van der Waals surface area contributed by atoms with Crippen molar-refractivity contribution < 1.29 is 44.4 Å². The van der Waals surface area contributed by atoms with Gasteiger partial charge in [-0.15, -0.1) is 6.42 Å². The van der Waals surface area contributed by atoms with Gasteiger partial charge in [0.05, 0.1) is 17.4 Å². The predicted octanol–water partition coefficient (Wildman–Crippen LogP) is 0.982. The number of aromatic nitrogens is 2. The SMILES string of the molecule is C#CCN(CC1CCc2cc3nc(CO)[nH]c(=O)c3cc21)c1ccc(C(=O)N[C@@H](CCC(=O)N[C@H](CCC(=O)O)C(=O)O)C(=O)O)cc1. The zero-order valence-corrected chi connectivity index (χ0v) is 25.8. The number of carbonyl (C=O) groups excluding carboxylic acids is 2. The van der Waals surface area contributed by atoms with Crippen molar-refractivity contribution in [3.8, 4) is 12.3 Å². The van der Waals surface area contributed by atoms with Gasteiger partial charge in [-0.25, -0.2) is 14.6 Å². The molecule has 0 aliphatic heterocycles. The van der Waals surface area contributed by atoms with Crippen molar-refractivity contribution in [3.05, 3.63) is 69.3 Å². The molecular formula is C33H35N5O10. The van der Waals surface area contributed by atoms with Gasteiger partial charge in [0.15, 0.2) is 0 Å². The van der Waals surface area contributed by atoms with Crippen LogP contribution in [-0.2, 0) is 32.2 Å². The zero-order chi connectivity index (χ0) is 35.0. The Morgan fingerprint density at radius 2 is 1.67 bits per heavy atom. The predicted molar refractivity (Wildman–Crippen MR) is 171 cm³/mol. The average molecular weight is 662 g/mol. The molecule has 48 heavy (non-hydrogen) atoms. The van der Waals surface area contributed by atoms with E-state index in [9.17, 15) is 44.1 Å². The summed E-state index contributed by atoms with van der Waals surface area (Å²) in [6.07, 6.45) is 5.66. The molecule has 0 radical (unpaired) electrons. The van der Waals surface area contributed by atoms with Gasteiger partial charge in [-0.2, -0.15) is 0 Å². The molecule has 3 atom stereocenters. The lowest BCUT2D eigenvalue weighted by atomic mass is 9.98. The maximum absolute atomic E-state index is 12.9. The summed E-state index contributed by atoms with van der Waals surface area (Å²) in [5, 5.41) is 41.9. The minimum atomic E-state index is -1.46. The van der Waals surface area contributed by atoms with E-state index in [2.05, 4.69) is 26.5 Å². The third-order valence-corrected chi connectivity index (χ3v) is 8.13. The second-order valence-corrected chi connectivity index (χ2v) is 11.4. The Morgan fingerprint density at radius 3 is 2.29 bits per heavy atom. The quantitative estimate of drug-likeness (QED) is 0.106. The highest BCUT2D eigenvalue weighted by atomic mass is 16.4. The topological polar surface area (TPSA) is 239 Å². The van der Waals surface area contributed by atoms with E-state index < -0.39 is 54.6 Å². The largest absolute Gasteiger partial charge is 0.481 e. The van der Waals surface area contributed by atoms with Gasteiger partial charge >= 0.3 is 17.9 Å². The summed E-state index contributed by atoms with van der Waals surface area (Å²) >= 11 is 0. The standard InChI is InChI=1S/C33H35N5O10/c1-2-13-38(16-20-4-3-19-14-26-23(15-22(19)20)31(44)37-27(17-39)34-26)21-7-5-18(6-8-21)30(43)36-25(33(47)48)9-11-28(40)35-24(32(45)46)10-12-29(41)42/h1,5-8,14-15,20,24-25,39H,3-4,9-13,16-17H2,(H,35,40)(H,36,43)(H,41,42)(H,45,46)(H,47,48)(H,34,37,44)/t20?,24-,25+/m1/s1. The highest BCUT2D eigenvalue weighted by Gasteiger charge is 2.27. The van der Waals surface area contributed by atoms with Gasteiger partial charge in [-0.05, 0) is 73.2 Å². The first kappa shape index (κ1) is 35.1. The molecule has 1 unspecified atom stereocenters. The summed E-state index contributed by atoms with van der Waals surface area (Å²) in [5.41, 5.74) is 3.13. The molecule has 0 fully saturated rings. The molecule has 0 bridgehead atoms. The number of nitrogens with one attached hydrogen (secondary N) is 3. The zero-order valence-electron chi connectivity index (χ0n) is 25.8. The number of aliphatic hydroxyl groups excluding tert-OH is 1. The van der Waals surface area contributed by atoms with E-state index in [-0.39, 0.29) is 48.9 Å². The van der Waals surface area contributed by atoms with Gasteiger partial charge in [-0.3, -0.25) is 19.2 Å². The van der Waals surface area contributed by atoms with Gasteiger partial charge < -0.3 is 40.9 Å². The minimum absolute atomic E-state index is 0.0501. The Bertz CT molecular complexity index is 1810. The van der Waals surface area contributed by atoms with Crippen molar-refractivity contribution in [2.75, 3.05) is 18.0 Å². The molecule has 252 valence electrons. The Hall–Kier alpha value is -5.75. The fourth-order valence-corrected chi connectivity index (χ4v) is 5.67. The Morgan fingerprint density at radius 1 is 1.00 bits per heavy atom. The van der Waals surface area contributed by atoms with Crippen LogP contribution in [-0.4, -0.2) is 85.3 Å². The van der Waals surface area contributed by atoms with Crippen LogP contribution in [0.4, 0.5) is 5.69 Å². The molecule has 1 heterocycles. The number of anilines is 1. The Kier molecular flexibility index (Phi) is 11.5. The van der Waals surface area contributed by atoms with Crippen LogP contribution in [0.3, 0.4) is 0 Å². The van der Waals surface area contributed by atoms with Gasteiger partial charge in [0.25, 0.3) is 11.5 Å². The number of hydrogen-bond donors (Lipinski definition) is 7. The van der Waals surface area contributed by atoms with Crippen LogP contribution >= 0.6 is 0 Å². The number of nitrogens with zero attached hydrogens (tertiary/aromatic N) is 2. The number of benzene rings is 2. The lowest BCUT2D eigenvalue weighted by molar-refractivity contribution is -0.143. The number of terminal acetylenes is 1. The summed E-state index contributed by atoms with van der Waals surface area (Å²) < 4.78 is 0. The monoisotopic (exact) mass is 661 g/mol. The number of carboxylic acids is 3. The molecule has 0 spiro atoms. The Balaban J connectivity index is 1.40. The fraction of sp³-hybridized carbons (Fsp3) is 0.364. The van der Waals surface area contributed by atoms with E-state index in [4.69, 9.17) is 11.5 Å². The maximum Gasteiger partial charge on any atom is 0.326 e. The lowest BCUT2D eigenvalue weighted by Crippen LogP contribution is -2.44. The number of fused-ring (bicyclic) bond motifs is 2. The molecule has 1 aromatic heterocycles. The molecule has 1 aliphatic rings. The van der Waals surface area contributed by atoms with E-state index in [1.54, 1.807) is 12.1 Å². The minimum Gasteiger partial charge on any atom is -0.481 e. The molecule has 4 rings (SSSR count). The van der Waals surface area contributed by atoms with Crippen LogP contribution in [0.5, 0.6) is 0 Å². The normalized spacial score (nSPS) is 14.7. The van der Waals surface area contributed by atoms with Gasteiger partial charge in [0, 0.05) is 36.6 Å². The number of hydrogen-bond acceptors (Lipinski definition) is 9. The molecule has 7 N–H and O–H groups in total. The second kappa shape index (κ2) is 15.7. The van der Waals surface area contributed by atoms with E-state index in [0.29, 0.717) is 23.1 Å². The fourth-order valence-electron chi connectivity index (χ4n) is 5.67. The second-order valence-electron chi connectivity index (χ2n) is 11.4. The number of carboxylic acid groups (broad SMARTS) is 3. The number of aryl methyl sites for hydroxylation is 1. The molecule has 15 heteroatoms. The number of amides is 2. The van der Waals surface area contributed by atoms with Gasteiger partial charge in [-0.1, -0.05) is 5.92 Å². The highest BCUT2D eigenvalue weighted by Crippen LogP contribution is 2.36. The van der Waals surface area contributed by atoms with Crippen molar-refractivity contribution in [1.82, 2.24) is 20.6 Å². The number of carbonyl (C=O) groups is 5. The van der Waals surface area contributed by atoms with Crippen LogP contribution in [0, 0.1) is 12.3 Å². The number of H-pyrrole nitrogens is 1. The number of aliphatic hydroxyl groups is 1. The Labute approximate surface area is 274 Å². The van der Waals surface area contributed by atoms with E-state index in [1.165, 1.54) is 12.1 Å². The first-order chi connectivity index (χ1) is 22.9. The maximum atomic E-state index is 12.9. The van der Waals surface area contributed by atoms with Crippen molar-refractivity contribution in [2.24, 2.45) is 0 Å². The first-order valence-corrected chi connectivity index (χ1v) is 15.1. The van der Waals surface area contributed by atoms with E-state index in [0.717, 1.165) is 24.0 Å². The number of rotatable bonds is 16. The summed E-state index contributed by atoms with van der Waals surface area (Å²) in [6, 6.07) is 7.19. The average Bonchev–Trinajstić information content (AvgIpc) is 3.44. The molecular weight excluding hydrogens is 626 g/mol. The molecule has 2 aromatic carbocycles. The van der Waals surface area contributed by atoms with Crippen LogP contribution < -0.4 is 21.1 Å². The molecule has 0 saturated carbocycles. The van der Waals surface area contributed by atoms with Gasteiger partial charge in [0.2, 0.25) is 5.91 Å².